The highest BCUT2D eigenvalue weighted by Crippen LogP contribution is 2.64. The number of fused-ring (bicyclic) bond motifs is 4. The maximum atomic E-state index is 14.6. The van der Waals surface area contributed by atoms with Crippen molar-refractivity contribution in [1.82, 2.24) is 0 Å². The highest BCUT2D eigenvalue weighted by molar-refractivity contribution is 9.10. The molecule has 0 spiro atoms. The minimum absolute atomic E-state index is 0.0690. The van der Waals surface area contributed by atoms with Gasteiger partial charge in [0.1, 0.15) is 5.82 Å². The summed E-state index contributed by atoms with van der Waals surface area (Å²) in [4.78, 5) is 69.6. The number of rotatable bonds is 5. The van der Waals surface area contributed by atoms with Crippen molar-refractivity contribution in [3.05, 3.63) is 97.2 Å². The molecule has 246 valence electrons. The van der Waals surface area contributed by atoms with Gasteiger partial charge in [-0.15, -0.1) is 0 Å². The number of nitrogens with zero attached hydrogens (tertiary/aromatic N) is 3. The maximum absolute atomic E-state index is 14.6. The van der Waals surface area contributed by atoms with Crippen molar-refractivity contribution in [2.75, 3.05) is 16.9 Å². The first-order chi connectivity index (χ1) is 22.8. The van der Waals surface area contributed by atoms with Crippen molar-refractivity contribution in [3.8, 4) is 11.5 Å². The van der Waals surface area contributed by atoms with Gasteiger partial charge in [-0.3, -0.25) is 34.2 Å². The third kappa shape index (κ3) is 4.43. The second-order valence-corrected chi connectivity index (χ2v) is 13.9. The fourth-order valence-corrected chi connectivity index (χ4v) is 8.79. The number of nitro groups is 1. The SMILES string of the molecule is COc1cc(C2C3=CCC4C(=O)N(c5ccc([N+](=O)[O-])cc5)C(=O)C4C3CC3C(=O)N(c4ccc(F)c(Cl)c4)C(=O)C32C)cc(Br)c1O. The number of carbonyl (C=O) groups is 4. The number of phenols is 1. The summed E-state index contributed by atoms with van der Waals surface area (Å²) < 4.78 is 19.8. The van der Waals surface area contributed by atoms with Crippen LogP contribution < -0.4 is 14.5 Å². The van der Waals surface area contributed by atoms with Crippen LogP contribution in [0.15, 0.2) is 70.7 Å². The number of anilines is 2. The first kappa shape index (κ1) is 32.0. The molecule has 0 bridgehead atoms. The van der Waals surface area contributed by atoms with E-state index >= 15 is 0 Å². The third-order valence-electron chi connectivity index (χ3n) is 10.4. The van der Waals surface area contributed by atoms with E-state index in [4.69, 9.17) is 16.3 Å². The molecule has 48 heavy (non-hydrogen) atoms. The second kappa shape index (κ2) is 11.2. The van der Waals surface area contributed by atoms with Crippen LogP contribution >= 0.6 is 27.5 Å². The topological polar surface area (TPSA) is 147 Å². The highest BCUT2D eigenvalue weighted by atomic mass is 79.9. The molecular formula is C34H26BrClFN3O8. The molecular weight excluding hydrogens is 713 g/mol. The molecule has 2 heterocycles. The number of allylic oxidation sites excluding steroid dienone is 2. The first-order valence-electron chi connectivity index (χ1n) is 15.0. The molecule has 0 radical (unpaired) electrons. The first-order valence-corrected chi connectivity index (χ1v) is 16.2. The number of aromatic hydroxyl groups is 1. The number of non-ortho nitro benzene ring substituents is 1. The fourth-order valence-electron chi connectivity index (χ4n) is 8.16. The lowest BCUT2D eigenvalue weighted by Crippen LogP contribution is -2.48. The monoisotopic (exact) mass is 737 g/mol. The summed E-state index contributed by atoms with van der Waals surface area (Å²) in [6.07, 6.45) is 2.11. The van der Waals surface area contributed by atoms with Crippen LogP contribution in [0.1, 0.15) is 31.2 Å². The molecule has 2 saturated heterocycles. The summed E-state index contributed by atoms with van der Waals surface area (Å²) >= 11 is 9.43. The molecule has 2 aliphatic carbocycles. The zero-order chi connectivity index (χ0) is 34.4. The number of phenolic OH excluding ortho intramolecular Hbond substituents is 1. The average molecular weight is 739 g/mol. The van der Waals surface area contributed by atoms with E-state index in [0.29, 0.717) is 11.1 Å². The molecule has 14 heteroatoms. The molecule has 1 N–H and O–H groups in total. The zero-order valence-corrected chi connectivity index (χ0v) is 27.7. The van der Waals surface area contributed by atoms with Gasteiger partial charge < -0.3 is 9.84 Å². The third-order valence-corrected chi connectivity index (χ3v) is 11.3. The summed E-state index contributed by atoms with van der Waals surface area (Å²) in [5.41, 5.74) is -0.0772. The van der Waals surface area contributed by atoms with Crippen molar-refractivity contribution in [2.45, 2.75) is 25.7 Å². The Bertz CT molecular complexity index is 2000. The smallest absolute Gasteiger partial charge is 0.269 e. The molecule has 1 saturated carbocycles. The van der Waals surface area contributed by atoms with Gasteiger partial charge in [-0.1, -0.05) is 23.3 Å². The van der Waals surface area contributed by atoms with E-state index in [1.54, 1.807) is 19.1 Å². The second-order valence-electron chi connectivity index (χ2n) is 12.6. The van der Waals surface area contributed by atoms with Crippen LogP contribution in [0.25, 0.3) is 0 Å². The lowest BCUT2D eigenvalue weighted by molar-refractivity contribution is -0.384. The molecule has 3 aromatic rings. The minimum atomic E-state index is -1.40. The van der Waals surface area contributed by atoms with Gasteiger partial charge in [0.15, 0.2) is 11.5 Å². The van der Waals surface area contributed by atoms with Crippen LogP contribution in [0.4, 0.5) is 21.5 Å². The van der Waals surface area contributed by atoms with E-state index in [1.165, 1.54) is 43.5 Å². The summed E-state index contributed by atoms with van der Waals surface area (Å²) in [5.74, 6) is -6.86. The standard InChI is InChI=1S/C34H26BrClFN3O8/c1-34-22(31(43)39(33(34)45)18-7-10-25(37)24(36)13-18)14-21-19(28(34)15-11-23(35)29(41)26(12-15)48-2)8-9-20-27(21)32(44)38(30(20)42)16-3-5-17(6-4-16)40(46)47/h3-8,10-13,20-22,27-28,41H,9,14H2,1-2H3. The number of hydrogen-bond donors (Lipinski definition) is 1. The van der Waals surface area contributed by atoms with Gasteiger partial charge in [0.25, 0.3) is 5.69 Å². The number of nitro benzene ring substituents is 1. The van der Waals surface area contributed by atoms with Gasteiger partial charge in [-0.2, -0.15) is 0 Å². The summed E-state index contributed by atoms with van der Waals surface area (Å²) in [7, 11) is 1.38. The van der Waals surface area contributed by atoms with E-state index in [9.17, 15) is 38.8 Å². The maximum Gasteiger partial charge on any atom is 0.269 e. The zero-order valence-electron chi connectivity index (χ0n) is 25.4. The Morgan fingerprint density at radius 2 is 1.69 bits per heavy atom. The number of hydrogen-bond acceptors (Lipinski definition) is 8. The predicted molar refractivity (Wildman–Crippen MR) is 174 cm³/mol. The van der Waals surface area contributed by atoms with Gasteiger partial charge in [0.2, 0.25) is 23.6 Å². The highest BCUT2D eigenvalue weighted by Gasteiger charge is 2.67. The van der Waals surface area contributed by atoms with Crippen LogP contribution in [0.2, 0.25) is 5.02 Å². The van der Waals surface area contributed by atoms with E-state index in [-0.39, 0.29) is 50.9 Å². The number of imide groups is 2. The van der Waals surface area contributed by atoms with Gasteiger partial charge in [-0.05, 0) is 89.6 Å². The molecule has 2 aliphatic heterocycles. The Balaban J connectivity index is 1.37. The predicted octanol–water partition coefficient (Wildman–Crippen LogP) is 6.30. The largest absolute Gasteiger partial charge is 0.503 e. The molecule has 4 aliphatic rings. The Labute approximate surface area is 286 Å². The Kier molecular flexibility index (Phi) is 7.48. The normalized spacial score (nSPS) is 27.9. The van der Waals surface area contributed by atoms with E-state index in [1.807, 2.05) is 6.08 Å². The van der Waals surface area contributed by atoms with Crippen LogP contribution in [-0.2, 0) is 19.2 Å². The molecule has 6 atom stereocenters. The summed E-state index contributed by atoms with van der Waals surface area (Å²) in [6, 6.07) is 12.0. The van der Waals surface area contributed by atoms with E-state index < -0.39 is 69.4 Å². The lowest BCUT2D eigenvalue weighted by Gasteiger charge is -2.49. The van der Waals surface area contributed by atoms with Crippen molar-refractivity contribution in [2.24, 2.45) is 29.1 Å². The fraction of sp³-hybridized carbons (Fsp3) is 0.294. The van der Waals surface area contributed by atoms with Crippen molar-refractivity contribution in [1.29, 1.82) is 0 Å². The van der Waals surface area contributed by atoms with Gasteiger partial charge in [0.05, 0.1) is 56.1 Å². The molecule has 4 amide bonds. The number of carbonyl (C=O) groups excluding carboxylic acids is 4. The Hall–Kier alpha value is -4.62. The van der Waals surface area contributed by atoms with Crippen LogP contribution in [0.3, 0.4) is 0 Å². The summed E-state index contributed by atoms with van der Waals surface area (Å²) in [5, 5.41) is 21.6. The van der Waals surface area contributed by atoms with Crippen LogP contribution in [0.5, 0.6) is 11.5 Å². The quantitative estimate of drug-likeness (QED) is 0.139. The van der Waals surface area contributed by atoms with Crippen LogP contribution in [-0.4, -0.2) is 40.8 Å². The molecule has 0 aromatic heterocycles. The van der Waals surface area contributed by atoms with Crippen molar-refractivity contribution in [3.63, 3.8) is 0 Å². The Morgan fingerprint density at radius 1 is 1.00 bits per heavy atom. The van der Waals surface area contributed by atoms with Crippen molar-refractivity contribution < 1.29 is 38.3 Å². The number of benzene rings is 3. The van der Waals surface area contributed by atoms with E-state index in [2.05, 4.69) is 15.9 Å². The molecule has 3 aromatic carbocycles. The summed E-state index contributed by atoms with van der Waals surface area (Å²) in [6.45, 7) is 1.69. The molecule has 7 rings (SSSR count). The number of methoxy groups -OCH3 is 1. The van der Waals surface area contributed by atoms with E-state index in [0.717, 1.165) is 15.9 Å². The number of amides is 4. The lowest BCUT2D eigenvalue weighted by atomic mass is 9.51. The molecule has 11 nitrogen and oxygen atoms in total. The minimum Gasteiger partial charge on any atom is -0.503 e. The van der Waals surface area contributed by atoms with Gasteiger partial charge in [-0.25, -0.2) is 9.29 Å². The van der Waals surface area contributed by atoms with Crippen LogP contribution in [0, 0.1) is 45.0 Å². The van der Waals surface area contributed by atoms with Gasteiger partial charge in [0, 0.05) is 18.1 Å². The average Bonchev–Trinajstić information content (AvgIpc) is 3.43. The van der Waals surface area contributed by atoms with Gasteiger partial charge >= 0.3 is 0 Å². The number of halogens is 3. The number of ether oxygens (including phenoxy) is 1. The molecule has 6 unspecified atom stereocenters. The molecule has 3 fully saturated rings. The Morgan fingerprint density at radius 3 is 2.33 bits per heavy atom. The van der Waals surface area contributed by atoms with Crippen molar-refractivity contribution >= 4 is 68.2 Å².